The zero-order valence-corrected chi connectivity index (χ0v) is 17.1. The number of aromatic nitrogens is 3. The molecule has 0 aliphatic heterocycles. The van der Waals surface area contributed by atoms with E-state index in [2.05, 4.69) is 20.7 Å². The number of amides is 1. The minimum atomic E-state index is -4.54. The van der Waals surface area contributed by atoms with Crippen LogP contribution in [0.5, 0.6) is 0 Å². The Kier molecular flexibility index (Phi) is 5.91. The van der Waals surface area contributed by atoms with Gasteiger partial charge in [-0.25, -0.2) is 9.67 Å². The van der Waals surface area contributed by atoms with E-state index in [1.165, 1.54) is 23.4 Å². The van der Waals surface area contributed by atoms with Gasteiger partial charge in [0.15, 0.2) is 0 Å². The molecule has 0 bridgehead atoms. The fourth-order valence-corrected chi connectivity index (χ4v) is 3.38. The van der Waals surface area contributed by atoms with Gasteiger partial charge in [-0.05, 0) is 47.5 Å². The first kappa shape index (κ1) is 21.5. The molecule has 0 aliphatic rings. The second kappa shape index (κ2) is 8.80. The van der Waals surface area contributed by atoms with Crippen LogP contribution in [0.1, 0.15) is 24.1 Å². The van der Waals surface area contributed by atoms with Crippen molar-refractivity contribution in [3.8, 4) is 5.69 Å². The number of carbonyl (C=O) groups is 1. The first-order valence-electron chi connectivity index (χ1n) is 9.89. The Morgan fingerprint density at radius 3 is 2.56 bits per heavy atom. The maximum atomic E-state index is 13.2. The van der Waals surface area contributed by atoms with E-state index in [1.807, 2.05) is 49.4 Å². The van der Waals surface area contributed by atoms with Crippen LogP contribution in [0.2, 0.25) is 0 Å². The number of nitrogens with zero attached hydrogens (tertiary/aromatic N) is 3. The highest BCUT2D eigenvalue weighted by Crippen LogP contribution is 2.33. The van der Waals surface area contributed by atoms with Gasteiger partial charge >= 0.3 is 6.18 Å². The standard InChI is InChI=1S/C23H20F3N5O/c1-15(17-7-6-16-4-2-3-5-18(16)10-17)28-12-22(32)30-20-11-19(23(24,25)26)8-9-21(20)31-14-27-13-29-31/h2-11,13-15,28H,12H2,1H3,(H,30,32)/t15-/m0/s1. The molecule has 0 unspecified atom stereocenters. The number of hydrogen-bond donors (Lipinski definition) is 2. The summed E-state index contributed by atoms with van der Waals surface area (Å²) in [6.45, 7) is 1.84. The van der Waals surface area contributed by atoms with E-state index in [4.69, 9.17) is 0 Å². The molecule has 0 saturated heterocycles. The van der Waals surface area contributed by atoms with Crippen molar-refractivity contribution < 1.29 is 18.0 Å². The average Bonchev–Trinajstić information content (AvgIpc) is 3.31. The average molecular weight is 439 g/mol. The van der Waals surface area contributed by atoms with Gasteiger partial charge in [0.25, 0.3) is 0 Å². The molecule has 1 atom stereocenters. The molecule has 1 amide bonds. The Morgan fingerprint density at radius 1 is 1.06 bits per heavy atom. The highest BCUT2D eigenvalue weighted by Gasteiger charge is 2.31. The van der Waals surface area contributed by atoms with Crippen LogP contribution >= 0.6 is 0 Å². The van der Waals surface area contributed by atoms with Crippen LogP contribution in [0, 0.1) is 0 Å². The van der Waals surface area contributed by atoms with Crippen LogP contribution in [0.15, 0.2) is 73.3 Å². The van der Waals surface area contributed by atoms with Gasteiger partial charge in [-0.3, -0.25) is 4.79 Å². The van der Waals surface area contributed by atoms with E-state index in [9.17, 15) is 18.0 Å². The van der Waals surface area contributed by atoms with E-state index in [-0.39, 0.29) is 24.0 Å². The summed E-state index contributed by atoms with van der Waals surface area (Å²) in [6.07, 6.45) is -1.93. The Balaban J connectivity index is 1.48. The van der Waals surface area contributed by atoms with Gasteiger partial charge in [0, 0.05) is 6.04 Å². The van der Waals surface area contributed by atoms with Gasteiger partial charge in [-0.15, -0.1) is 0 Å². The quantitative estimate of drug-likeness (QED) is 0.456. The van der Waals surface area contributed by atoms with Gasteiger partial charge in [-0.2, -0.15) is 18.3 Å². The lowest BCUT2D eigenvalue weighted by Gasteiger charge is -2.17. The largest absolute Gasteiger partial charge is 0.416 e. The maximum absolute atomic E-state index is 13.2. The van der Waals surface area contributed by atoms with Gasteiger partial charge < -0.3 is 10.6 Å². The molecule has 9 heteroatoms. The molecule has 32 heavy (non-hydrogen) atoms. The van der Waals surface area contributed by atoms with Crippen molar-refractivity contribution in [1.29, 1.82) is 0 Å². The van der Waals surface area contributed by atoms with Crippen LogP contribution in [-0.4, -0.2) is 27.2 Å². The molecule has 164 valence electrons. The zero-order chi connectivity index (χ0) is 22.7. The number of halogens is 3. The fraction of sp³-hybridized carbons (Fsp3) is 0.174. The molecule has 1 aromatic heterocycles. The predicted octanol–water partition coefficient (Wildman–Crippen LogP) is 4.73. The molecule has 0 aliphatic carbocycles. The monoisotopic (exact) mass is 439 g/mol. The molecule has 6 nitrogen and oxygen atoms in total. The highest BCUT2D eigenvalue weighted by molar-refractivity contribution is 5.94. The number of fused-ring (bicyclic) bond motifs is 1. The molecule has 0 saturated carbocycles. The molecule has 1 heterocycles. The number of carbonyl (C=O) groups excluding carboxylic acids is 1. The molecule has 4 rings (SSSR count). The summed E-state index contributed by atoms with van der Waals surface area (Å²) in [5, 5.41) is 11.8. The van der Waals surface area contributed by atoms with Crippen LogP contribution in [0.3, 0.4) is 0 Å². The maximum Gasteiger partial charge on any atom is 0.416 e. The molecular weight excluding hydrogens is 419 g/mol. The molecule has 2 N–H and O–H groups in total. The third-order valence-electron chi connectivity index (χ3n) is 5.11. The summed E-state index contributed by atoms with van der Waals surface area (Å²) in [6, 6.07) is 16.9. The van der Waals surface area contributed by atoms with Gasteiger partial charge in [-0.1, -0.05) is 36.4 Å². The summed E-state index contributed by atoms with van der Waals surface area (Å²) in [7, 11) is 0. The van der Waals surface area contributed by atoms with Gasteiger partial charge in [0.05, 0.1) is 23.5 Å². The lowest BCUT2D eigenvalue weighted by molar-refractivity contribution is -0.137. The molecular formula is C23H20F3N5O. The normalized spacial score (nSPS) is 12.6. The van der Waals surface area contributed by atoms with Gasteiger partial charge in [0.2, 0.25) is 5.91 Å². The van der Waals surface area contributed by atoms with Crippen LogP contribution in [-0.2, 0) is 11.0 Å². The van der Waals surface area contributed by atoms with E-state index in [0.717, 1.165) is 28.5 Å². The van der Waals surface area contributed by atoms with E-state index < -0.39 is 17.6 Å². The smallest absolute Gasteiger partial charge is 0.323 e. The molecule has 0 fully saturated rings. The number of hydrogen-bond acceptors (Lipinski definition) is 4. The Morgan fingerprint density at radius 2 is 1.84 bits per heavy atom. The molecule has 0 radical (unpaired) electrons. The van der Waals surface area contributed by atoms with Crippen LogP contribution in [0.4, 0.5) is 18.9 Å². The van der Waals surface area contributed by atoms with Gasteiger partial charge in [0.1, 0.15) is 12.7 Å². The minimum absolute atomic E-state index is 0.00418. The van der Waals surface area contributed by atoms with Crippen molar-refractivity contribution in [3.63, 3.8) is 0 Å². The minimum Gasteiger partial charge on any atom is -0.323 e. The SMILES string of the molecule is C[C@H](NCC(=O)Nc1cc(C(F)(F)F)ccc1-n1cncn1)c1ccc2ccccc2c1. The zero-order valence-electron chi connectivity index (χ0n) is 17.1. The molecule has 4 aromatic rings. The number of anilines is 1. The van der Waals surface area contributed by atoms with E-state index in [1.54, 1.807) is 0 Å². The Bertz CT molecular complexity index is 1240. The number of nitrogens with one attached hydrogen (secondary N) is 2. The molecule has 0 spiro atoms. The van der Waals surface area contributed by atoms with Crippen molar-refractivity contribution in [2.24, 2.45) is 0 Å². The van der Waals surface area contributed by atoms with Crippen molar-refractivity contribution in [3.05, 3.63) is 84.4 Å². The summed E-state index contributed by atoms with van der Waals surface area (Å²) < 4.78 is 40.8. The fourth-order valence-electron chi connectivity index (χ4n) is 3.38. The number of alkyl halides is 3. The summed E-state index contributed by atoms with van der Waals surface area (Å²) in [4.78, 5) is 16.4. The summed E-state index contributed by atoms with van der Waals surface area (Å²) in [5.41, 5.74) is 0.412. The van der Waals surface area contributed by atoms with Crippen molar-refractivity contribution >= 4 is 22.4 Å². The van der Waals surface area contributed by atoms with Crippen molar-refractivity contribution in [2.45, 2.75) is 19.1 Å². The summed E-state index contributed by atoms with van der Waals surface area (Å²) >= 11 is 0. The highest BCUT2D eigenvalue weighted by atomic mass is 19.4. The Hall–Kier alpha value is -3.72. The Labute approximate surface area is 182 Å². The van der Waals surface area contributed by atoms with E-state index in [0.29, 0.717) is 0 Å². The number of rotatable bonds is 6. The summed E-state index contributed by atoms with van der Waals surface area (Å²) in [5.74, 6) is -0.474. The van der Waals surface area contributed by atoms with Crippen molar-refractivity contribution in [2.75, 3.05) is 11.9 Å². The van der Waals surface area contributed by atoms with Crippen molar-refractivity contribution in [1.82, 2.24) is 20.1 Å². The van der Waals surface area contributed by atoms with E-state index >= 15 is 0 Å². The lowest BCUT2D eigenvalue weighted by atomic mass is 10.0. The third-order valence-corrected chi connectivity index (χ3v) is 5.11. The first-order valence-corrected chi connectivity index (χ1v) is 9.89. The van der Waals surface area contributed by atoms with Crippen LogP contribution in [0.25, 0.3) is 16.5 Å². The van der Waals surface area contributed by atoms with Crippen LogP contribution < -0.4 is 10.6 Å². The number of benzene rings is 3. The topological polar surface area (TPSA) is 71.8 Å². The first-order chi connectivity index (χ1) is 15.3. The molecule has 3 aromatic carbocycles. The lowest BCUT2D eigenvalue weighted by Crippen LogP contribution is -2.30. The second-order valence-corrected chi connectivity index (χ2v) is 7.33. The third kappa shape index (κ3) is 4.78. The second-order valence-electron chi connectivity index (χ2n) is 7.33. The predicted molar refractivity (Wildman–Crippen MR) is 115 cm³/mol.